The highest BCUT2D eigenvalue weighted by molar-refractivity contribution is 8.07. The van der Waals surface area contributed by atoms with Gasteiger partial charge in [-0.25, -0.2) is 0 Å². The lowest BCUT2D eigenvalue weighted by Crippen LogP contribution is -2.05. The Morgan fingerprint density at radius 3 is 1.18 bits per heavy atom. The molecule has 2 aliphatic heterocycles. The van der Waals surface area contributed by atoms with Crippen molar-refractivity contribution >= 4 is 29.5 Å². The van der Waals surface area contributed by atoms with E-state index in [0.29, 0.717) is 13.0 Å². The zero-order chi connectivity index (χ0) is 28.5. The lowest BCUT2D eigenvalue weighted by molar-refractivity contribution is -0.143. The highest BCUT2D eigenvalue weighted by Gasteiger charge is 2.37. The van der Waals surface area contributed by atoms with E-state index in [9.17, 15) is 4.79 Å². The molecule has 0 aromatic carbocycles. The molecule has 0 aliphatic carbocycles. The predicted octanol–water partition coefficient (Wildman–Crippen LogP) is 12.5. The molecule has 40 heavy (non-hydrogen) atoms. The summed E-state index contributed by atoms with van der Waals surface area (Å²) < 4.78 is 5.47. The van der Waals surface area contributed by atoms with Crippen molar-refractivity contribution in [2.45, 2.75) is 215 Å². The molecule has 0 saturated carbocycles. The first-order valence-electron chi connectivity index (χ1n) is 18.2. The summed E-state index contributed by atoms with van der Waals surface area (Å²) >= 11 is 4.49. The molecule has 0 amide bonds. The van der Waals surface area contributed by atoms with Gasteiger partial charge in [-0.05, 0) is 38.5 Å². The molecule has 2 heterocycles. The van der Waals surface area contributed by atoms with Gasteiger partial charge in [0.25, 0.3) is 0 Å². The topological polar surface area (TPSA) is 26.3 Å². The van der Waals surface area contributed by atoms with E-state index in [4.69, 9.17) is 4.74 Å². The van der Waals surface area contributed by atoms with Crippen molar-refractivity contribution in [1.29, 1.82) is 0 Å². The van der Waals surface area contributed by atoms with Crippen LogP contribution in [0.25, 0.3) is 0 Å². The molecule has 0 aromatic rings. The summed E-state index contributed by atoms with van der Waals surface area (Å²) in [6.07, 6.45) is 37.5. The molecule has 236 valence electrons. The Hall–Kier alpha value is 0.170. The second-order valence-corrected chi connectivity index (χ2v) is 15.9. The molecule has 2 aliphatic rings. The van der Waals surface area contributed by atoms with Gasteiger partial charge in [-0.15, -0.1) is 0 Å². The van der Waals surface area contributed by atoms with E-state index in [2.05, 4.69) is 37.4 Å². The van der Waals surface area contributed by atoms with E-state index in [1.165, 1.54) is 161 Å². The zero-order valence-corrected chi connectivity index (χ0v) is 28.6. The summed E-state index contributed by atoms with van der Waals surface area (Å²) in [5.41, 5.74) is 0. The third-order valence-corrected chi connectivity index (χ3v) is 12.1. The highest BCUT2D eigenvalue weighted by atomic mass is 32.2. The summed E-state index contributed by atoms with van der Waals surface area (Å²) in [7, 11) is 0. The zero-order valence-electron chi connectivity index (χ0n) is 26.9. The minimum Gasteiger partial charge on any atom is -0.466 e. The monoisotopic (exact) mass is 596 g/mol. The number of unbranched alkanes of at least 4 members (excludes halogenated alkanes) is 19. The van der Waals surface area contributed by atoms with Gasteiger partial charge in [-0.2, -0.15) is 23.5 Å². The smallest absolute Gasteiger partial charge is 0.305 e. The molecule has 0 spiro atoms. The molecule has 0 radical (unpaired) electrons. The molecule has 4 unspecified atom stereocenters. The fraction of sp³-hybridized carbons (Fsp3) is 0.972. The number of hydrogen-bond donors (Lipinski definition) is 0. The lowest BCUT2D eigenvalue weighted by atomic mass is 10.0. The van der Waals surface area contributed by atoms with Gasteiger partial charge in [-0.1, -0.05) is 149 Å². The van der Waals surface area contributed by atoms with Crippen LogP contribution in [-0.2, 0) is 9.53 Å². The molecule has 2 saturated heterocycles. The standard InChI is InChI=1S/C36H68O2S2/c1-3-5-7-9-14-20-26-32-34(39-32)28-22-16-11-12-19-25-31-38-36(37)30-24-18-13-17-23-29-35-33(40-35)27-21-15-10-8-6-4-2/h32-35H,3-31H2,1-2H3. The maximum absolute atomic E-state index is 12.0. The molecular weight excluding hydrogens is 529 g/mol. The number of esters is 1. The van der Waals surface area contributed by atoms with E-state index in [1.54, 1.807) is 0 Å². The van der Waals surface area contributed by atoms with Crippen LogP contribution in [0.4, 0.5) is 0 Å². The molecule has 0 aromatic heterocycles. The summed E-state index contributed by atoms with van der Waals surface area (Å²) in [5.74, 6) is 0.0318. The molecule has 0 N–H and O–H groups in total. The van der Waals surface area contributed by atoms with Crippen LogP contribution in [0.1, 0.15) is 194 Å². The van der Waals surface area contributed by atoms with Crippen molar-refractivity contribution in [3.8, 4) is 0 Å². The van der Waals surface area contributed by atoms with E-state index in [1.807, 2.05) is 0 Å². The average molecular weight is 597 g/mol. The van der Waals surface area contributed by atoms with Crippen molar-refractivity contribution in [2.75, 3.05) is 6.61 Å². The van der Waals surface area contributed by atoms with Gasteiger partial charge < -0.3 is 4.74 Å². The van der Waals surface area contributed by atoms with Crippen LogP contribution in [-0.4, -0.2) is 33.6 Å². The van der Waals surface area contributed by atoms with Crippen LogP contribution in [0.2, 0.25) is 0 Å². The van der Waals surface area contributed by atoms with Gasteiger partial charge in [0.1, 0.15) is 0 Å². The normalized spacial score (nSPS) is 21.6. The van der Waals surface area contributed by atoms with Gasteiger partial charge in [0.2, 0.25) is 0 Å². The van der Waals surface area contributed by atoms with E-state index >= 15 is 0 Å². The Kier molecular flexibility index (Phi) is 23.3. The van der Waals surface area contributed by atoms with Crippen molar-refractivity contribution in [3.63, 3.8) is 0 Å². The first kappa shape index (κ1) is 36.4. The van der Waals surface area contributed by atoms with Crippen LogP contribution >= 0.6 is 23.5 Å². The van der Waals surface area contributed by atoms with Crippen LogP contribution in [0, 0.1) is 0 Å². The maximum Gasteiger partial charge on any atom is 0.305 e. The van der Waals surface area contributed by atoms with Crippen molar-refractivity contribution < 1.29 is 9.53 Å². The Morgan fingerprint density at radius 2 is 0.775 bits per heavy atom. The second-order valence-electron chi connectivity index (χ2n) is 13.0. The van der Waals surface area contributed by atoms with Gasteiger partial charge >= 0.3 is 5.97 Å². The quantitative estimate of drug-likeness (QED) is 0.0452. The van der Waals surface area contributed by atoms with E-state index in [0.717, 1.165) is 33.8 Å². The average Bonchev–Trinajstić information content (AvgIpc) is 3.88. The fourth-order valence-corrected chi connectivity index (χ4v) is 8.66. The van der Waals surface area contributed by atoms with Gasteiger partial charge in [0.05, 0.1) is 6.61 Å². The number of carbonyl (C=O) groups is 1. The third kappa shape index (κ3) is 21.0. The Balaban J connectivity index is 1.22. The van der Waals surface area contributed by atoms with Crippen LogP contribution < -0.4 is 0 Å². The number of carbonyl (C=O) groups excluding carboxylic acids is 1. The molecule has 2 fully saturated rings. The van der Waals surface area contributed by atoms with Crippen LogP contribution in [0.3, 0.4) is 0 Å². The molecule has 0 bridgehead atoms. The summed E-state index contributed by atoms with van der Waals surface area (Å²) in [6, 6.07) is 0. The molecule has 2 rings (SSSR count). The van der Waals surface area contributed by atoms with Crippen molar-refractivity contribution in [1.82, 2.24) is 0 Å². The summed E-state index contributed by atoms with van der Waals surface area (Å²) in [5, 5.41) is 3.95. The highest BCUT2D eigenvalue weighted by Crippen LogP contribution is 2.48. The number of thioether (sulfide) groups is 2. The number of rotatable bonds is 31. The minimum absolute atomic E-state index is 0.0318. The minimum atomic E-state index is 0.0318. The predicted molar refractivity (Wildman–Crippen MR) is 182 cm³/mol. The van der Waals surface area contributed by atoms with Gasteiger partial charge in [-0.3, -0.25) is 4.79 Å². The summed E-state index contributed by atoms with van der Waals surface area (Å²) in [6.45, 7) is 5.23. The first-order valence-corrected chi connectivity index (χ1v) is 20.1. The largest absolute Gasteiger partial charge is 0.466 e. The number of hydrogen-bond acceptors (Lipinski definition) is 4. The van der Waals surface area contributed by atoms with Crippen LogP contribution in [0.5, 0.6) is 0 Å². The lowest BCUT2D eigenvalue weighted by Gasteiger charge is -2.05. The molecular formula is C36H68O2S2. The summed E-state index contributed by atoms with van der Waals surface area (Å²) in [4.78, 5) is 12.0. The Morgan fingerprint density at radius 1 is 0.450 bits per heavy atom. The third-order valence-electron chi connectivity index (χ3n) is 9.08. The fourth-order valence-electron chi connectivity index (χ4n) is 6.18. The first-order chi connectivity index (χ1) is 19.7. The van der Waals surface area contributed by atoms with E-state index < -0.39 is 0 Å². The molecule has 4 atom stereocenters. The van der Waals surface area contributed by atoms with Crippen LogP contribution in [0.15, 0.2) is 0 Å². The maximum atomic E-state index is 12.0. The number of ether oxygens (including phenoxy) is 1. The Labute approximate surface area is 259 Å². The van der Waals surface area contributed by atoms with Gasteiger partial charge in [0, 0.05) is 27.4 Å². The van der Waals surface area contributed by atoms with Crippen molar-refractivity contribution in [2.24, 2.45) is 0 Å². The molecule has 4 heteroatoms. The second kappa shape index (κ2) is 25.6. The SMILES string of the molecule is CCCCCCCCC1SC1CCCCCCCCOC(=O)CCCCCCCC1SC1CCCCCCCC. The van der Waals surface area contributed by atoms with Crippen molar-refractivity contribution in [3.05, 3.63) is 0 Å². The molecule has 2 nitrogen and oxygen atoms in total. The van der Waals surface area contributed by atoms with E-state index in [-0.39, 0.29) is 5.97 Å². The Bertz CT molecular complexity index is 583. The van der Waals surface area contributed by atoms with Gasteiger partial charge in [0.15, 0.2) is 0 Å².